The van der Waals surface area contributed by atoms with E-state index in [1.807, 2.05) is 30.3 Å². The highest BCUT2D eigenvalue weighted by molar-refractivity contribution is 5.98. The fraction of sp³-hybridized carbons (Fsp3) is 0.364. The number of benzene rings is 2. The van der Waals surface area contributed by atoms with Gasteiger partial charge in [-0.25, -0.2) is 9.18 Å². The summed E-state index contributed by atoms with van der Waals surface area (Å²) in [5.74, 6) is -0.921. The summed E-state index contributed by atoms with van der Waals surface area (Å²) in [5.41, 5.74) is 0.864. The first-order valence-corrected chi connectivity index (χ1v) is 9.69. The highest BCUT2D eigenvalue weighted by atomic mass is 19.1. The number of alkyl carbamates (subject to hydrolysis) is 1. The lowest BCUT2D eigenvalue weighted by atomic mass is 10.2. The van der Waals surface area contributed by atoms with Crippen molar-refractivity contribution in [3.05, 3.63) is 54.3 Å². The summed E-state index contributed by atoms with van der Waals surface area (Å²) in [6, 6.07) is 13.2. The molecule has 162 valence electrons. The van der Waals surface area contributed by atoms with E-state index in [-0.39, 0.29) is 13.2 Å². The van der Waals surface area contributed by atoms with Gasteiger partial charge in [0, 0.05) is 12.3 Å². The number of amides is 2. The van der Waals surface area contributed by atoms with Crippen molar-refractivity contribution in [1.82, 2.24) is 5.32 Å². The number of para-hydroxylation sites is 1. The molecule has 0 heterocycles. The molecule has 8 heteroatoms. The topological polar surface area (TPSA) is 88.7 Å². The number of carbonyl (C=O) groups excluding carboxylic acids is 2. The number of hydrogen-bond acceptors (Lipinski definition) is 5. The zero-order valence-electron chi connectivity index (χ0n) is 17.6. The maximum Gasteiger partial charge on any atom is 0.407 e. The minimum atomic E-state index is -0.947. The minimum absolute atomic E-state index is 0.0722. The Kier molecular flexibility index (Phi) is 8.17. The molecule has 2 aromatic carbocycles. The Morgan fingerprint density at radius 2 is 1.77 bits per heavy atom. The normalized spacial score (nSPS) is 12.0. The highest BCUT2D eigenvalue weighted by Gasteiger charge is 2.23. The molecule has 0 spiro atoms. The smallest absolute Gasteiger partial charge is 0.407 e. The molecule has 0 aliphatic heterocycles. The number of halogens is 1. The summed E-state index contributed by atoms with van der Waals surface area (Å²) in [4.78, 5) is 24.6. The van der Waals surface area contributed by atoms with Crippen LogP contribution in [0.5, 0.6) is 0 Å². The van der Waals surface area contributed by atoms with E-state index in [0.29, 0.717) is 11.4 Å². The average molecular weight is 417 g/mol. The molecular formula is C22H28FN3O4. The molecule has 0 radical (unpaired) electrons. The Hall–Kier alpha value is -3.13. The summed E-state index contributed by atoms with van der Waals surface area (Å²) in [6.07, 6.45) is -1.59. The van der Waals surface area contributed by atoms with Crippen molar-refractivity contribution in [2.45, 2.75) is 39.4 Å². The predicted octanol–water partition coefficient (Wildman–Crippen LogP) is 4.44. The molecule has 2 aromatic rings. The first kappa shape index (κ1) is 23.2. The lowest BCUT2D eigenvalue weighted by Gasteiger charge is -2.22. The Bertz CT molecular complexity index is 853. The van der Waals surface area contributed by atoms with E-state index >= 15 is 0 Å². The molecule has 0 aliphatic carbocycles. The summed E-state index contributed by atoms with van der Waals surface area (Å²) >= 11 is 0. The number of nitrogens with one attached hydrogen (secondary N) is 3. The van der Waals surface area contributed by atoms with Crippen LogP contribution >= 0.6 is 0 Å². The van der Waals surface area contributed by atoms with Crippen molar-refractivity contribution in [3.8, 4) is 0 Å². The van der Waals surface area contributed by atoms with E-state index < -0.39 is 29.5 Å². The minimum Gasteiger partial charge on any atom is -0.444 e. The SMILES string of the molecule is CCO[C@@H](CNC(=O)OC(C)(C)C)C(=O)Nc1ccc(F)cc1Nc1ccccc1. The van der Waals surface area contributed by atoms with Crippen LogP contribution in [0.15, 0.2) is 48.5 Å². The second-order valence-electron chi connectivity index (χ2n) is 7.50. The van der Waals surface area contributed by atoms with Crippen LogP contribution in [-0.2, 0) is 14.3 Å². The Balaban J connectivity index is 2.08. The van der Waals surface area contributed by atoms with Crippen LogP contribution in [0.1, 0.15) is 27.7 Å². The van der Waals surface area contributed by atoms with Crippen LogP contribution in [0.25, 0.3) is 0 Å². The maximum atomic E-state index is 13.8. The van der Waals surface area contributed by atoms with Gasteiger partial charge in [0.1, 0.15) is 11.4 Å². The first-order chi connectivity index (χ1) is 14.2. The lowest BCUT2D eigenvalue weighted by molar-refractivity contribution is -0.126. The summed E-state index contributed by atoms with van der Waals surface area (Å²) in [6.45, 7) is 7.18. The molecule has 0 aliphatic rings. The molecule has 0 saturated heterocycles. The Morgan fingerprint density at radius 3 is 2.40 bits per heavy atom. The molecule has 0 unspecified atom stereocenters. The predicted molar refractivity (Wildman–Crippen MR) is 114 cm³/mol. The largest absolute Gasteiger partial charge is 0.444 e. The van der Waals surface area contributed by atoms with Gasteiger partial charge >= 0.3 is 6.09 Å². The number of hydrogen-bond donors (Lipinski definition) is 3. The third-order valence-corrected chi connectivity index (χ3v) is 3.78. The number of rotatable bonds is 8. The lowest BCUT2D eigenvalue weighted by Crippen LogP contribution is -2.43. The Morgan fingerprint density at radius 1 is 1.07 bits per heavy atom. The molecule has 0 saturated carbocycles. The van der Waals surface area contributed by atoms with E-state index in [2.05, 4.69) is 16.0 Å². The van der Waals surface area contributed by atoms with Gasteiger partial charge in [0.15, 0.2) is 6.10 Å². The standard InChI is InChI=1S/C22H28FN3O4/c1-5-29-19(14-24-21(28)30-22(2,3)4)20(27)26-17-12-11-15(23)13-18(17)25-16-9-7-6-8-10-16/h6-13,19,25H,5,14H2,1-4H3,(H,24,28)(H,26,27)/t19-/m0/s1. The molecule has 0 fully saturated rings. The van der Waals surface area contributed by atoms with Gasteiger partial charge in [0.2, 0.25) is 0 Å². The van der Waals surface area contributed by atoms with Crippen molar-refractivity contribution >= 4 is 29.1 Å². The van der Waals surface area contributed by atoms with Crippen molar-refractivity contribution in [2.24, 2.45) is 0 Å². The van der Waals surface area contributed by atoms with E-state index in [9.17, 15) is 14.0 Å². The molecule has 1 atom stereocenters. The van der Waals surface area contributed by atoms with Gasteiger partial charge in [-0.2, -0.15) is 0 Å². The monoisotopic (exact) mass is 417 g/mol. The summed E-state index contributed by atoms with van der Waals surface area (Å²) in [7, 11) is 0. The van der Waals surface area contributed by atoms with Crippen LogP contribution in [0.4, 0.5) is 26.2 Å². The number of ether oxygens (including phenoxy) is 2. The third kappa shape index (κ3) is 7.71. The molecule has 2 rings (SSSR count). The second-order valence-corrected chi connectivity index (χ2v) is 7.50. The van der Waals surface area contributed by atoms with Gasteiger partial charge in [-0.15, -0.1) is 0 Å². The first-order valence-electron chi connectivity index (χ1n) is 9.69. The molecule has 30 heavy (non-hydrogen) atoms. The van der Waals surface area contributed by atoms with Crippen LogP contribution in [0.2, 0.25) is 0 Å². The quantitative estimate of drug-likeness (QED) is 0.591. The molecule has 0 aromatic heterocycles. The van der Waals surface area contributed by atoms with E-state index in [1.165, 1.54) is 18.2 Å². The fourth-order valence-electron chi connectivity index (χ4n) is 2.54. The molecule has 7 nitrogen and oxygen atoms in total. The van der Waals surface area contributed by atoms with Gasteiger partial charge < -0.3 is 25.4 Å². The van der Waals surface area contributed by atoms with Gasteiger partial charge in [0.05, 0.1) is 17.9 Å². The van der Waals surface area contributed by atoms with Gasteiger partial charge in [-0.3, -0.25) is 4.79 Å². The zero-order chi connectivity index (χ0) is 22.1. The van der Waals surface area contributed by atoms with Crippen LogP contribution in [0.3, 0.4) is 0 Å². The van der Waals surface area contributed by atoms with Gasteiger partial charge in [-0.05, 0) is 58.0 Å². The molecule has 2 amide bonds. The average Bonchev–Trinajstić information content (AvgIpc) is 2.66. The van der Waals surface area contributed by atoms with E-state index in [1.54, 1.807) is 27.7 Å². The van der Waals surface area contributed by atoms with Gasteiger partial charge in [-0.1, -0.05) is 18.2 Å². The number of anilines is 3. The maximum absolute atomic E-state index is 13.8. The molecule has 3 N–H and O–H groups in total. The van der Waals surface area contributed by atoms with Crippen molar-refractivity contribution in [3.63, 3.8) is 0 Å². The van der Waals surface area contributed by atoms with E-state index in [4.69, 9.17) is 9.47 Å². The second kappa shape index (κ2) is 10.6. The van der Waals surface area contributed by atoms with Crippen molar-refractivity contribution < 1.29 is 23.5 Å². The fourth-order valence-corrected chi connectivity index (χ4v) is 2.54. The molecule has 0 bridgehead atoms. The van der Waals surface area contributed by atoms with Gasteiger partial charge in [0.25, 0.3) is 5.91 Å². The van der Waals surface area contributed by atoms with Crippen LogP contribution in [0, 0.1) is 5.82 Å². The van der Waals surface area contributed by atoms with Crippen LogP contribution < -0.4 is 16.0 Å². The van der Waals surface area contributed by atoms with Crippen molar-refractivity contribution in [2.75, 3.05) is 23.8 Å². The third-order valence-electron chi connectivity index (χ3n) is 3.78. The highest BCUT2D eigenvalue weighted by Crippen LogP contribution is 2.26. The number of carbonyl (C=O) groups is 2. The Labute approximate surface area is 176 Å². The van der Waals surface area contributed by atoms with E-state index in [0.717, 1.165) is 5.69 Å². The van der Waals surface area contributed by atoms with Crippen LogP contribution in [-0.4, -0.2) is 36.9 Å². The summed E-state index contributed by atoms with van der Waals surface area (Å²) in [5, 5.41) is 8.34. The summed E-state index contributed by atoms with van der Waals surface area (Å²) < 4.78 is 24.4. The van der Waals surface area contributed by atoms with Crippen molar-refractivity contribution in [1.29, 1.82) is 0 Å². The molecular weight excluding hydrogens is 389 g/mol. The zero-order valence-corrected chi connectivity index (χ0v) is 17.6.